The third-order valence-electron chi connectivity index (χ3n) is 3.37. The van der Waals surface area contributed by atoms with Crippen LogP contribution in [0.15, 0.2) is 18.2 Å². The maximum atomic E-state index is 12.3. The number of nitrogens with one attached hydrogen (secondary N) is 1. The van der Waals surface area contributed by atoms with Crippen molar-refractivity contribution < 1.29 is 9.69 Å². The van der Waals surface area contributed by atoms with Crippen LogP contribution in [-0.4, -0.2) is 44.0 Å². The molecule has 0 atom stereocenters. The van der Waals surface area contributed by atoms with Gasteiger partial charge in [0.15, 0.2) is 0 Å². The van der Waals surface area contributed by atoms with Gasteiger partial charge in [0, 0.05) is 5.56 Å². The molecule has 1 aromatic rings. The van der Waals surface area contributed by atoms with Crippen LogP contribution in [-0.2, 0) is 0 Å². The minimum absolute atomic E-state index is 0.185. The molecule has 0 spiro atoms. The normalized spacial score (nSPS) is 17.2. The van der Waals surface area contributed by atoms with E-state index in [1.807, 2.05) is 30.9 Å². The Balaban J connectivity index is 2.14. The van der Waals surface area contributed by atoms with E-state index in [2.05, 4.69) is 13.1 Å². The van der Waals surface area contributed by atoms with E-state index in [9.17, 15) is 4.79 Å². The Morgan fingerprint density at radius 3 is 2.18 bits per heavy atom. The Morgan fingerprint density at radius 1 is 1.12 bits per heavy atom. The number of hydrogen-bond donors (Lipinski definition) is 1. The van der Waals surface area contributed by atoms with E-state index in [1.54, 1.807) is 0 Å². The minimum atomic E-state index is 0.185. The molecule has 1 heterocycles. The van der Waals surface area contributed by atoms with Gasteiger partial charge in [0.2, 0.25) is 0 Å². The molecule has 17 heavy (non-hydrogen) atoms. The standard InChI is InChI=1S/C14H20N2O/c1-11-8-12(2)10-13(9-11)14(17)16-6-4-15(3)5-7-16/h8-10H,4-7H2,1-3H3/p+1. The van der Waals surface area contributed by atoms with Gasteiger partial charge in [0.1, 0.15) is 0 Å². The van der Waals surface area contributed by atoms with Crippen LogP contribution in [0, 0.1) is 13.8 Å². The highest BCUT2D eigenvalue weighted by molar-refractivity contribution is 5.94. The number of carbonyl (C=O) groups excluding carboxylic acids is 1. The molecule has 0 saturated carbocycles. The first kappa shape index (κ1) is 12.1. The number of quaternary nitrogens is 1. The van der Waals surface area contributed by atoms with Gasteiger partial charge in [0.05, 0.1) is 33.2 Å². The van der Waals surface area contributed by atoms with Crippen LogP contribution in [0.4, 0.5) is 0 Å². The van der Waals surface area contributed by atoms with Gasteiger partial charge in [-0.15, -0.1) is 0 Å². The van der Waals surface area contributed by atoms with Crippen LogP contribution < -0.4 is 4.90 Å². The number of benzene rings is 1. The van der Waals surface area contributed by atoms with Crippen molar-refractivity contribution in [2.45, 2.75) is 13.8 Å². The number of aryl methyl sites for hydroxylation is 2. The van der Waals surface area contributed by atoms with Crippen molar-refractivity contribution in [3.63, 3.8) is 0 Å². The molecule has 3 heteroatoms. The SMILES string of the molecule is Cc1cc(C)cc(C(=O)N2CC[NH+](C)CC2)c1. The summed E-state index contributed by atoms with van der Waals surface area (Å²) in [6.45, 7) is 7.93. The molecule has 0 aliphatic carbocycles. The van der Waals surface area contributed by atoms with Gasteiger partial charge in [-0.1, -0.05) is 17.2 Å². The summed E-state index contributed by atoms with van der Waals surface area (Å²) in [6, 6.07) is 6.08. The predicted octanol–water partition coefficient (Wildman–Crippen LogP) is 0.274. The molecule has 1 fully saturated rings. The van der Waals surface area contributed by atoms with Gasteiger partial charge >= 0.3 is 0 Å². The first-order chi connectivity index (χ1) is 8.06. The molecule has 92 valence electrons. The lowest BCUT2D eigenvalue weighted by Crippen LogP contribution is -3.12. The number of carbonyl (C=O) groups is 1. The van der Waals surface area contributed by atoms with Crippen LogP contribution in [0.25, 0.3) is 0 Å². The minimum Gasteiger partial charge on any atom is -0.334 e. The zero-order valence-corrected chi connectivity index (χ0v) is 10.9. The van der Waals surface area contributed by atoms with E-state index in [1.165, 1.54) is 4.90 Å². The summed E-state index contributed by atoms with van der Waals surface area (Å²) in [5.41, 5.74) is 3.16. The first-order valence-corrected chi connectivity index (χ1v) is 6.25. The van der Waals surface area contributed by atoms with Crippen molar-refractivity contribution >= 4 is 5.91 Å². The van der Waals surface area contributed by atoms with Crippen LogP contribution in [0.3, 0.4) is 0 Å². The molecule has 0 radical (unpaired) electrons. The Kier molecular flexibility index (Phi) is 3.48. The van der Waals surface area contributed by atoms with Gasteiger partial charge in [-0.2, -0.15) is 0 Å². The van der Waals surface area contributed by atoms with Crippen molar-refractivity contribution in [2.24, 2.45) is 0 Å². The highest BCUT2D eigenvalue weighted by Crippen LogP contribution is 2.11. The molecule has 3 nitrogen and oxygen atoms in total. The number of piperazine rings is 1. The Morgan fingerprint density at radius 2 is 1.65 bits per heavy atom. The fourth-order valence-electron chi connectivity index (χ4n) is 2.37. The van der Waals surface area contributed by atoms with Crippen molar-refractivity contribution in [1.29, 1.82) is 0 Å². The third kappa shape index (κ3) is 2.86. The van der Waals surface area contributed by atoms with E-state index in [0.717, 1.165) is 42.9 Å². The van der Waals surface area contributed by atoms with Crippen LogP contribution in [0.5, 0.6) is 0 Å². The fourth-order valence-corrected chi connectivity index (χ4v) is 2.37. The van der Waals surface area contributed by atoms with E-state index in [0.29, 0.717) is 0 Å². The smallest absolute Gasteiger partial charge is 0.254 e. The molecular weight excluding hydrogens is 212 g/mol. The lowest BCUT2D eigenvalue weighted by molar-refractivity contribution is -0.883. The quantitative estimate of drug-likeness (QED) is 0.740. The average Bonchev–Trinajstić information content (AvgIpc) is 2.28. The summed E-state index contributed by atoms with van der Waals surface area (Å²) in [5, 5.41) is 0. The molecule has 1 aromatic carbocycles. The monoisotopic (exact) mass is 233 g/mol. The predicted molar refractivity (Wildman–Crippen MR) is 68.4 cm³/mol. The molecule has 2 rings (SSSR count). The second-order valence-electron chi connectivity index (χ2n) is 5.13. The molecule has 1 amide bonds. The molecule has 1 N–H and O–H groups in total. The number of nitrogens with zero attached hydrogens (tertiary/aromatic N) is 1. The molecule has 1 saturated heterocycles. The second kappa shape index (κ2) is 4.88. The summed E-state index contributed by atoms with van der Waals surface area (Å²) >= 11 is 0. The summed E-state index contributed by atoms with van der Waals surface area (Å²) in [6.07, 6.45) is 0. The molecule has 1 aliphatic heterocycles. The van der Waals surface area contributed by atoms with E-state index >= 15 is 0 Å². The Labute approximate surface area is 103 Å². The molecule has 0 unspecified atom stereocenters. The Bertz CT molecular complexity index is 400. The number of likely N-dealkylation sites (N-methyl/N-ethyl adjacent to an activating group) is 1. The van der Waals surface area contributed by atoms with Crippen molar-refractivity contribution in [2.75, 3.05) is 33.2 Å². The van der Waals surface area contributed by atoms with Gasteiger partial charge in [-0.3, -0.25) is 4.79 Å². The molecule has 0 aromatic heterocycles. The van der Waals surface area contributed by atoms with Crippen LogP contribution >= 0.6 is 0 Å². The zero-order valence-electron chi connectivity index (χ0n) is 10.9. The van der Waals surface area contributed by atoms with Crippen molar-refractivity contribution in [1.82, 2.24) is 4.90 Å². The maximum Gasteiger partial charge on any atom is 0.254 e. The average molecular weight is 233 g/mol. The van der Waals surface area contributed by atoms with Gasteiger partial charge in [0.25, 0.3) is 5.91 Å². The van der Waals surface area contributed by atoms with E-state index in [4.69, 9.17) is 0 Å². The highest BCUT2D eigenvalue weighted by Gasteiger charge is 2.22. The second-order valence-corrected chi connectivity index (χ2v) is 5.13. The van der Waals surface area contributed by atoms with Gasteiger partial charge < -0.3 is 9.80 Å². The molecule has 1 aliphatic rings. The van der Waals surface area contributed by atoms with Crippen molar-refractivity contribution in [3.05, 3.63) is 34.9 Å². The largest absolute Gasteiger partial charge is 0.334 e. The third-order valence-corrected chi connectivity index (χ3v) is 3.37. The zero-order chi connectivity index (χ0) is 12.4. The van der Waals surface area contributed by atoms with E-state index < -0.39 is 0 Å². The topological polar surface area (TPSA) is 24.8 Å². The first-order valence-electron chi connectivity index (χ1n) is 6.25. The lowest BCUT2D eigenvalue weighted by Gasteiger charge is -2.30. The maximum absolute atomic E-state index is 12.3. The van der Waals surface area contributed by atoms with E-state index in [-0.39, 0.29) is 5.91 Å². The summed E-state index contributed by atoms with van der Waals surface area (Å²) < 4.78 is 0. The fraction of sp³-hybridized carbons (Fsp3) is 0.500. The van der Waals surface area contributed by atoms with Gasteiger partial charge in [-0.05, 0) is 26.0 Å². The Hall–Kier alpha value is -1.35. The number of hydrogen-bond acceptors (Lipinski definition) is 1. The number of amides is 1. The van der Waals surface area contributed by atoms with Crippen LogP contribution in [0.1, 0.15) is 21.5 Å². The van der Waals surface area contributed by atoms with Crippen LogP contribution in [0.2, 0.25) is 0 Å². The summed E-state index contributed by atoms with van der Waals surface area (Å²) in [4.78, 5) is 15.8. The summed E-state index contributed by atoms with van der Waals surface area (Å²) in [7, 11) is 2.18. The molecule has 0 bridgehead atoms. The molecular formula is C14H21N2O+. The lowest BCUT2D eigenvalue weighted by atomic mass is 10.1. The highest BCUT2D eigenvalue weighted by atomic mass is 16.2. The summed E-state index contributed by atoms with van der Waals surface area (Å²) in [5.74, 6) is 0.185. The van der Waals surface area contributed by atoms with Gasteiger partial charge in [-0.25, -0.2) is 0 Å². The van der Waals surface area contributed by atoms with Crippen molar-refractivity contribution in [3.8, 4) is 0 Å². The number of rotatable bonds is 1.